The lowest BCUT2D eigenvalue weighted by Gasteiger charge is -2.28. The highest BCUT2D eigenvalue weighted by Crippen LogP contribution is 2.19. The number of nitrogens with zero attached hydrogens (tertiary/aromatic N) is 2. The Balaban J connectivity index is 1.51. The number of ether oxygens (including phenoxy) is 1. The standard InChI is InChI=1S/C32H38N4O3/c1-23-9-12-26(13-10-23)21-35(16-15-27-20-33-30-8-6-5-7-29(27)30)31(37)22-36(17-18-39-4)32(38)34-28-14-11-24(2)25(3)19-28/h5-14,19-20,33H,15-18,21-22H2,1-4H3,(H,34,38). The van der Waals surface area contributed by atoms with E-state index in [0.717, 1.165) is 33.2 Å². The molecule has 0 aliphatic heterocycles. The minimum Gasteiger partial charge on any atom is -0.383 e. The summed E-state index contributed by atoms with van der Waals surface area (Å²) in [7, 11) is 1.59. The third kappa shape index (κ3) is 7.48. The molecule has 0 bridgehead atoms. The second-order valence-corrected chi connectivity index (χ2v) is 10.1. The molecule has 7 heteroatoms. The topological polar surface area (TPSA) is 77.7 Å². The fourth-order valence-electron chi connectivity index (χ4n) is 4.54. The maximum absolute atomic E-state index is 13.7. The van der Waals surface area contributed by atoms with Gasteiger partial charge in [-0.15, -0.1) is 0 Å². The first-order valence-electron chi connectivity index (χ1n) is 13.3. The number of aromatic nitrogens is 1. The van der Waals surface area contributed by atoms with Crippen molar-refractivity contribution in [1.29, 1.82) is 0 Å². The van der Waals surface area contributed by atoms with Gasteiger partial charge >= 0.3 is 6.03 Å². The number of carbonyl (C=O) groups excluding carboxylic acids is 2. The number of hydrogen-bond acceptors (Lipinski definition) is 3. The number of benzene rings is 3. The molecular formula is C32H38N4O3. The Kier molecular flexibility index (Phi) is 9.39. The fourth-order valence-corrected chi connectivity index (χ4v) is 4.54. The lowest BCUT2D eigenvalue weighted by molar-refractivity contribution is -0.132. The third-order valence-corrected chi connectivity index (χ3v) is 7.11. The molecule has 7 nitrogen and oxygen atoms in total. The van der Waals surface area contributed by atoms with E-state index >= 15 is 0 Å². The van der Waals surface area contributed by atoms with Crippen LogP contribution >= 0.6 is 0 Å². The summed E-state index contributed by atoms with van der Waals surface area (Å²) in [4.78, 5) is 33.7. The molecule has 4 aromatic rings. The number of rotatable bonds is 11. The van der Waals surface area contributed by atoms with Crippen molar-refractivity contribution in [3.63, 3.8) is 0 Å². The van der Waals surface area contributed by atoms with Gasteiger partial charge in [0.1, 0.15) is 6.54 Å². The highest BCUT2D eigenvalue weighted by Gasteiger charge is 2.22. The lowest BCUT2D eigenvalue weighted by Crippen LogP contribution is -2.46. The molecule has 0 aliphatic rings. The van der Waals surface area contributed by atoms with Crippen LogP contribution in [-0.4, -0.2) is 60.1 Å². The Morgan fingerprint density at radius 2 is 1.67 bits per heavy atom. The van der Waals surface area contributed by atoms with Crippen molar-refractivity contribution in [3.8, 4) is 0 Å². The van der Waals surface area contributed by atoms with Crippen molar-refractivity contribution < 1.29 is 14.3 Å². The van der Waals surface area contributed by atoms with E-state index in [0.29, 0.717) is 38.3 Å². The average molecular weight is 527 g/mol. The number of aromatic amines is 1. The van der Waals surface area contributed by atoms with Gasteiger partial charge in [0.2, 0.25) is 5.91 Å². The highest BCUT2D eigenvalue weighted by atomic mass is 16.5. The quantitative estimate of drug-likeness (QED) is 0.258. The molecule has 0 atom stereocenters. The van der Waals surface area contributed by atoms with Crippen molar-refractivity contribution >= 4 is 28.5 Å². The van der Waals surface area contributed by atoms with Crippen molar-refractivity contribution in [3.05, 3.63) is 101 Å². The van der Waals surface area contributed by atoms with Crippen LogP contribution in [0.15, 0.2) is 72.9 Å². The Bertz CT molecular complexity index is 1410. The van der Waals surface area contributed by atoms with E-state index in [2.05, 4.69) is 46.7 Å². The first kappa shape index (κ1) is 27.9. The second-order valence-electron chi connectivity index (χ2n) is 10.1. The lowest BCUT2D eigenvalue weighted by atomic mass is 10.1. The van der Waals surface area contributed by atoms with Crippen LogP contribution in [-0.2, 0) is 22.5 Å². The van der Waals surface area contributed by atoms with Gasteiger partial charge in [-0.3, -0.25) is 4.79 Å². The average Bonchev–Trinajstić information content (AvgIpc) is 3.35. The summed E-state index contributed by atoms with van der Waals surface area (Å²) in [6.07, 6.45) is 2.72. The molecular weight excluding hydrogens is 488 g/mol. The summed E-state index contributed by atoms with van der Waals surface area (Å²) < 4.78 is 5.24. The van der Waals surface area contributed by atoms with Crippen LogP contribution in [0, 0.1) is 20.8 Å². The smallest absolute Gasteiger partial charge is 0.322 e. The summed E-state index contributed by atoms with van der Waals surface area (Å²) >= 11 is 0. The molecule has 4 rings (SSSR count). The van der Waals surface area contributed by atoms with Crippen molar-refractivity contribution in [2.45, 2.75) is 33.7 Å². The van der Waals surface area contributed by atoms with Gasteiger partial charge in [-0.2, -0.15) is 0 Å². The van der Waals surface area contributed by atoms with Crippen LogP contribution in [0.4, 0.5) is 10.5 Å². The molecule has 1 heterocycles. The molecule has 0 saturated heterocycles. The zero-order chi connectivity index (χ0) is 27.8. The number of aryl methyl sites for hydroxylation is 3. The maximum atomic E-state index is 13.7. The van der Waals surface area contributed by atoms with Crippen molar-refractivity contribution in [2.75, 3.05) is 38.7 Å². The van der Waals surface area contributed by atoms with E-state index < -0.39 is 0 Å². The molecule has 0 spiro atoms. The minimum atomic E-state index is -0.324. The van der Waals surface area contributed by atoms with E-state index in [-0.39, 0.29) is 18.5 Å². The van der Waals surface area contributed by atoms with Crippen LogP contribution in [0.2, 0.25) is 0 Å². The molecule has 1 aromatic heterocycles. The number of amides is 3. The number of urea groups is 1. The van der Waals surface area contributed by atoms with E-state index in [1.807, 2.05) is 62.2 Å². The third-order valence-electron chi connectivity index (χ3n) is 7.11. The monoisotopic (exact) mass is 526 g/mol. The van der Waals surface area contributed by atoms with Gasteiger partial charge in [-0.25, -0.2) is 4.79 Å². The molecule has 0 saturated carbocycles. The van der Waals surface area contributed by atoms with Gasteiger partial charge in [0.15, 0.2) is 0 Å². The highest BCUT2D eigenvalue weighted by molar-refractivity contribution is 5.92. The van der Waals surface area contributed by atoms with Crippen LogP contribution in [0.5, 0.6) is 0 Å². The molecule has 2 N–H and O–H groups in total. The van der Waals surface area contributed by atoms with Gasteiger partial charge in [0.05, 0.1) is 6.61 Å². The Morgan fingerprint density at radius 1 is 0.897 bits per heavy atom. The number of methoxy groups -OCH3 is 1. The predicted molar refractivity (Wildman–Crippen MR) is 157 cm³/mol. The molecule has 0 radical (unpaired) electrons. The zero-order valence-corrected chi connectivity index (χ0v) is 23.3. The maximum Gasteiger partial charge on any atom is 0.322 e. The van der Waals surface area contributed by atoms with Gasteiger partial charge in [0, 0.05) is 49.5 Å². The van der Waals surface area contributed by atoms with Crippen molar-refractivity contribution in [2.24, 2.45) is 0 Å². The molecule has 0 aliphatic carbocycles. The molecule has 39 heavy (non-hydrogen) atoms. The zero-order valence-electron chi connectivity index (χ0n) is 23.3. The molecule has 0 fully saturated rings. The summed E-state index contributed by atoms with van der Waals surface area (Å²) in [5, 5.41) is 4.11. The number of hydrogen-bond donors (Lipinski definition) is 2. The van der Waals surface area contributed by atoms with E-state index in [4.69, 9.17) is 4.74 Å². The largest absolute Gasteiger partial charge is 0.383 e. The molecule has 3 amide bonds. The number of H-pyrrole nitrogens is 1. The SMILES string of the molecule is COCCN(CC(=O)N(CCc1c[nH]c2ccccc12)Cc1ccc(C)cc1)C(=O)Nc1ccc(C)c(C)c1. The number of anilines is 1. The molecule has 3 aromatic carbocycles. The first-order chi connectivity index (χ1) is 18.8. The summed E-state index contributed by atoms with van der Waals surface area (Å²) in [5.41, 5.74) is 7.41. The number of nitrogens with one attached hydrogen (secondary N) is 2. The van der Waals surface area contributed by atoms with Crippen molar-refractivity contribution in [1.82, 2.24) is 14.8 Å². The molecule has 0 unspecified atom stereocenters. The first-order valence-corrected chi connectivity index (χ1v) is 13.3. The van der Waals surface area contributed by atoms with E-state index in [1.54, 1.807) is 7.11 Å². The van der Waals surface area contributed by atoms with Gasteiger partial charge in [0.25, 0.3) is 0 Å². The summed E-state index contributed by atoms with van der Waals surface area (Å²) in [6, 6.07) is 21.9. The van der Waals surface area contributed by atoms with Crippen LogP contribution in [0.1, 0.15) is 27.8 Å². The van der Waals surface area contributed by atoms with Gasteiger partial charge in [-0.05, 0) is 67.6 Å². The summed E-state index contributed by atoms with van der Waals surface area (Å²) in [6.45, 7) is 7.69. The number of carbonyl (C=O) groups is 2. The summed E-state index contributed by atoms with van der Waals surface area (Å²) in [5.74, 6) is -0.109. The van der Waals surface area contributed by atoms with Gasteiger partial charge < -0.3 is 24.8 Å². The normalized spacial score (nSPS) is 11.0. The van der Waals surface area contributed by atoms with E-state index in [1.165, 1.54) is 10.5 Å². The Labute approximate surface area is 230 Å². The van der Waals surface area contributed by atoms with Crippen LogP contribution in [0.3, 0.4) is 0 Å². The van der Waals surface area contributed by atoms with E-state index in [9.17, 15) is 9.59 Å². The Morgan fingerprint density at radius 3 is 2.41 bits per heavy atom. The number of para-hydroxylation sites is 1. The fraction of sp³-hybridized carbons (Fsp3) is 0.312. The van der Waals surface area contributed by atoms with Crippen LogP contribution < -0.4 is 5.32 Å². The minimum absolute atomic E-state index is 0.0419. The van der Waals surface area contributed by atoms with Crippen LogP contribution in [0.25, 0.3) is 10.9 Å². The Hall–Kier alpha value is -4.10. The number of fused-ring (bicyclic) bond motifs is 1. The predicted octanol–water partition coefficient (Wildman–Crippen LogP) is 5.84. The second kappa shape index (κ2) is 13.1. The molecule has 204 valence electrons. The van der Waals surface area contributed by atoms with Gasteiger partial charge in [-0.1, -0.05) is 54.1 Å².